The van der Waals surface area contributed by atoms with Crippen molar-refractivity contribution in [1.29, 1.82) is 0 Å². The fraction of sp³-hybridized carbons (Fsp3) is 0.364. The molecule has 3 rings (SSSR count). The van der Waals surface area contributed by atoms with Crippen molar-refractivity contribution in [3.05, 3.63) is 53.1 Å². The van der Waals surface area contributed by atoms with Crippen LogP contribution >= 0.6 is 11.6 Å². The molecule has 30 heavy (non-hydrogen) atoms. The average molecular weight is 431 g/mol. The monoisotopic (exact) mass is 430 g/mol. The van der Waals surface area contributed by atoms with E-state index < -0.39 is 0 Å². The van der Waals surface area contributed by atoms with E-state index >= 15 is 0 Å². The highest BCUT2D eigenvalue weighted by atomic mass is 35.5. The van der Waals surface area contributed by atoms with Gasteiger partial charge in [-0.2, -0.15) is 0 Å². The van der Waals surface area contributed by atoms with E-state index in [1.165, 1.54) is 0 Å². The highest BCUT2D eigenvalue weighted by molar-refractivity contribution is 6.33. The Morgan fingerprint density at radius 2 is 1.50 bits per heavy atom. The predicted octanol–water partition coefficient (Wildman–Crippen LogP) is 2.85. The van der Waals surface area contributed by atoms with E-state index in [-0.39, 0.29) is 11.8 Å². The molecule has 0 atom stereocenters. The second kappa shape index (κ2) is 10.4. The van der Waals surface area contributed by atoms with Crippen LogP contribution in [0.5, 0.6) is 5.75 Å². The van der Waals surface area contributed by atoms with E-state index in [0.29, 0.717) is 35.2 Å². The third kappa shape index (κ3) is 6.19. The number of benzene rings is 2. The molecular formula is C22H27ClN4O3. The van der Waals surface area contributed by atoms with E-state index in [1.54, 1.807) is 19.2 Å². The van der Waals surface area contributed by atoms with E-state index in [2.05, 4.69) is 20.4 Å². The first kappa shape index (κ1) is 22.1. The fourth-order valence-electron chi connectivity index (χ4n) is 3.37. The van der Waals surface area contributed by atoms with Crippen molar-refractivity contribution in [3.8, 4) is 5.75 Å². The van der Waals surface area contributed by atoms with Crippen LogP contribution in [0.2, 0.25) is 5.02 Å². The van der Waals surface area contributed by atoms with Gasteiger partial charge in [-0.05, 0) is 36.8 Å². The summed E-state index contributed by atoms with van der Waals surface area (Å²) in [4.78, 5) is 28.9. The van der Waals surface area contributed by atoms with Crippen molar-refractivity contribution >= 4 is 34.8 Å². The molecule has 0 aliphatic carbocycles. The number of anilines is 2. The number of para-hydroxylation sites is 1. The van der Waals surface area contributed by atoms with Crippen LogP contribution in [-0.4, -0.2) is 68.0 Å². The van der Waals surface area contributed by atoms with Gasteiger partial charge in [0.15, 0.2) is 0 Å². The summed E-state index contributed by atoms with van der Waals surface area (Å²) in [7, 11) is 1.58. The normalized spacial score (nSPS) is 14.9. The summed E-state index contributed by atoms with van der Waals surface area (Å²) >= 11 is 6.08. The number of piperazine rings is 1. The molecule has 8 heteroatoms. The minimum Gasteiger partial charge on any atom is -0.495 e. The molecule has 160 valence electrons. The minimum atomic E-state index is -0.0964. The maximum Gasteiger partial charge on any atom is 0.238 e. The number of amides is 2. The molecule has 2 N–H and O–H groups in total. The van der Waals surface area contributed by atoms with Gasteiger partial charge in [-0.15, -0.1) is 0 Å². The summed E-state index contributed by atoms with van der Waals surface area (Å²) in [6.45, 7) is 5.45. The molecule has 2 aromatic carbocycles. The van der Waals surface area contributed by atoms with Gasteiger partial charge in [-0.3, -0.25) is 19.4 Å². The molecule has 2 aromatic rings. The van der Waals surface area contributed by atoms with Crippen molar-refractivity contribution in [2.75, 3.05) is 57.0 Å². The number of rotatable bonds is 7. The standard InChI is InChI=1S/C22H27ClN4O3/c1-16-7-8-20(30-2)19(13-16)25-22(29)15-27-11-9-26(10-12-27)14-21(28)24-18-6-4-3-5-17(18)23/h3-8,13H,9-12,14-15H2,1-2H3,(H,24,28)(H,25,29). The molecule has 0 spiro atoms. The number of ether oxygens (including phenoxy) is 1. The SMILES string of the molecule is COc1ccc(C)cc1NC(=O)CN1CCN(CC(=O)Nc2ccccc2Cl)CC1. The molecule has 0 bridgehead atoms. The summed E-state index contributed by atoms with van der Waals surface area (Å²) in [6.07, 6.45) is 0. The third-order valence-corrected chi connectivity index (χ3v) is 5.31. The molecule has 1 fully saturated rings. The number of aryl methyl sites for hydroxylation is 1. The van der Waals surface area contributed by atoms with Gasteiger partial charge in [-0.1, -0.05) is 29.8 Å². The van der Waals surface area contributed by atoms with Gasteiger partial charge in [0.2, 0.25) is 11.8 Å². The number of nitrogens with zero attached hydrogens (tertiary/aromatic N) is 2. The van der Waals surface area contributed by atoms with Crippen LogP contribution in [0.4, 0.5) is 11.4 Å². The summed E-state index contributed by atoms with van der Waals surface area (Å²) in [5.74, 6) is 0.466. The van der Waals surface area contributed by atoms with Crippen LogP contribution in [0.1, 0.15) is 5.56 Å². The van der Waals surface area contributed by atoms with Crippen LogP contribution in [0.3, 0.4) is 0 Å². The molecule has 1 saturated heterocycles. The second-order valence-electron chi connectivity index (χ2n) is 7.33. The zero-order valence-corrected chi connectivity index (χ0v) is 18.0. The topological polar surface area (TPSA) is 73.9 Å². The highest BCUT2D eigenvalue weighted by Crippen LogP contribution is 2.25. The summed E-state index contributed by atoms with van der Waals surface area (Å²) in [6, 6.07) is 12.9. The van der Waals surface area contributed by atoms with E-state index in [4.69, 9.17) is 16.3 Å². The van der Waals surface area contributed by atoms with Crippen molar-refractivity contribution in [2.45, 2.75) is 6.92 Å². The predicted molar refractivity (Wildman–Crippen MR) is 119 cm³/mol. The lowest BCUT2D eigenvalue weighted by molar-refractivity contribution is -0.120. The maximum absolute atomic E-state index is 12.5. The minimum absolute atomic E-state index is 0.0798. The lowest BCUT2D eigenvalue weighted by Gasteiger charge is -2.33. The molecule has 1 aliphatic rings. The summed E-state index contributed by atoms with van der Waals surface area (Å²) in [5.41, 5.74) is 2.35. The number of carbonyl (C=O) groups is 2. The van der Waals surface area contributed by atoms with Crippen molar-refractivity contribution in [2.24, 2.45) is 0 Å². The number of nitrogens with one attached hydrogen (secondary N) is 2. The molecule has 2 amide bonds. The van der Waals surface area contributed by atoms with Gasteiger partial charge >= 0.3 is 0 Å². The Bertz CT molecular complexity index is 898. The van der Waals surface area contributed by atoms with Gasteiger partial charge in [0.25, 0.3) is 0 Å². The van der Waals surface area contributed by atoms with Gasteiger partial charge in [0.1, 0.15) is 5.75 Å². The molecule has 0 aromatic heterocycles. The Labute approximate surface area is 181 Å². The molecule has 1 heterocycles. The molecule has 0 unspecified atom stereocenters. The Kier molecular flexibility index (Phi) is 7.68. The number of hydrogen-bond acceptors (Lipinski definition) is 5. The lowest BCUT2D eigenvalue weighted by atomic mass is 10.2. The zero-order chi connectivity index (χ0) is 21.5. The lowest BCUT2D eigenvalue weighted by Crippen LogP contribution is -2.50. The number of methoxy groups -OCH3 is 1. The third-order valence-electron chi connectivity index (χ3n) is 4.98. The van der Waals surface area contributed by atoms with Crippen LogP contribution in [0.15, 0.2) is 42.5 Å². The molecule has 0 saturated carbocycles. The fourth-order valence-corrected chi connectivity index (χ4v) is 3.56. The van der Waals surface area contributed by atoms with Crippen LogP contribution in [-0.2, 0) is 9.59 Å². The van der Waals surface area contributed by atoms with Gasteiger partial charge in [-0.25, -0.2) is 0 Å². The average Bonchev–Trinajstić information content (AvgIpc) is 2.71. The van der Waals surface area contributed by atoms with Crippen molar-refractivity contribution < 1.29 is 14.3 Å². The Morgan fingerprint density at radius 1 is 0.933 bits per heavy atom. The Balaban J connectivity index is 1.43. The van der Waals surface area contributed by atoms with E-state index in [9.17, 15) is 9.59 Å². The van der Waals surface area contributed by atoms with Gasteiger partial charge in [0.05, 0.1) is 36.6 Å². The van der Waals surface area contributed by atoms with Crippen LogP contribution in [0, 0.1) is 6.92 Å². The largest absolute Gasteiger partial charge is 0.495 e. The van der Waals surface area contributed by atoms with Crippen LogP contribution in [0.25, 0.3) is 0 Å². The van der Waals surface area contributed by atoms with Gasteiger partial charge < -0.3 is 15.4 Å². The first-order valence-corrected chi connectivity index (χ1v) is 10.3. The second-order valence-corrected chi connectivity index (χ2v) is 7.74. The first-order valence-electron chi connectivity index (χ1n) is 9.88. The molecular weight excluding hydrogens is 404 g/mol. The van der Waals surface area contributed by atoms with E-state index in [0.717, 1.165) is 31.7 Å². The number of carbonyl (C=O) groups excluding carboxylic acids is 2. The summed E-state index contributed by atoms with van der Waals surface area (Å²) < 4.78 is 5.31. The number of halogens is 1. The summed E-state index contributed by atoms with van der Waals surface area (Å²) in [5, 5.41) is 6.29. The van der Waals surface area contributed by atoms with Gasteiger partial charge in [0, 0.05) is 26.2 Å². The van der Waals surface area contributed by atoms with E-state index in [1.807, 2.05) is 37.3 Å². The Morgan fingerprint density at radius 3 is 2.07 bits per heavy atom. The smallest absolute Gasteiger partial charge is 0.238 e. The maximum atomic E-state index is 12.5. The zero-order valence-electron chi connectivity index (χ0n) is 17.3. The molecule has 1 aliphatic heterocycles. The first-order chi connectivity index (χ1) is 14.4. The molecule has 7 nitrogen and oxygen atoms in total. The molecule has 0 radical (unpaired) electrons. The van der Waals surface area contributed by atoms with Crippen molar-refractivity contribution in [3.63, 3.8) is 0 Å². The van der Waals surface area contributed by atoms with Crippen molar-refractivity contribution in [1.82, 2.24) is 9.80 Å². The quantitative estimate of drug-likeness (QED) is 0.706. The Hall–Kier alpha value is -2.61. The highest BCUT2D eigenvalue weighted by Gasteiger charge is 2.21. The van der Waals surface area contributed by atoms with Crippen LogP contribution < -0.4 is 15.4 Å². The number of hydrogen-bond donors (Lipinski definition) is 2.